The van der Waals surface area contributed by atoms with E-state index in [1.165, 1.54) is 17.9 Å². The van der Waals surface area contributed by atoms with Gasteiger partial charge in [-0.1, -0.05) is 0 Å². The fraction of sp³-hybridized carbons (Fsp3) is 0.900. The first-order valence-corrected chi connectivity index (χ1v) is 6.43. The van der Waals surface area contributed by atoms with E-state index in [4.69, 9.17) is 5.11 Å². The Bertz CT molecular complexity index is 170. The van der Waals surface area contributed by atoms with Crippen molar-refractivity contribution in [1.82, 2.24) is 5.32 Å². The van der Waals surface area contributed by atoms with Crippen molar-refractivity contribution in [3.8, 4) is 0 Å². The van der Waals surface area contributed by atoms with Gasteiger partial charge in [0.25, 0.3) is 0 Å². The Morgan fingerprint density at radius 1 is 1.50 bits per heavy atom. The third kappa shape index (κ3) is 4.86. The molecule has 1 fully saturated rings. The third-order valence-corrected chi connectivity index (χ3v) is 3.66. The Kier molecular flexibility index (Phi) is 6.03. The Morgan fingerprint density at radius 3 is 3.00 bits per heavy atom. The number of thioether (sulfide) groups is 1. The van der Waals surface area contributed by atoms with E-state index >= 15 is 0 Å². The summed E-state index contributed by atoms with van der Waals surface area (Å²) in [5.41, 5.74) is 0. The summed E-state index contributed by atoms with van der Waals surface area (Å²) in [5.74, 6) is 3.25. The lowest BCUT2D eigenvalue weighted by molar-refractivity contribution is -0.121. The average molecular weight is 217 g/mol. The molecular formula is C10H19NO2S. The van der Waals surface area contributed by atoms with Gasteiger partial charge in [0.15, 0.2) is 0 Å². The van der Waals surface area contributed by atoms with Crippen molar-refractivity contribution >= 4 is 17.7 Å². The molecule has 14 heavy (non-hydrogen) atoms. The van der Waals surface area contributed by atoms with E-state index in [1.54, 1.807) is 0 Å². The molecule has 82 valence electrons. The van der Waals surface area contributed by atoms with Gasteiger partial charge in [0.1, 0.15) is 0 Å². The van der Waals surface area contributed by atoms with Crippen LogP contribution in [0.3, 0.4) is 0 Å². The minimum absolute atomic E-state index is 0.135. The van der Waals surface area contributed by atoms with Crippen LogP contribution in [-0.2, 0) is 4.79 Å². The lowest BCUT2D eigenvalue weighted by Crippen LogP contribution is -2.29. The van der Waals surface area contributed by atoms with Crippen LogP contribution in [0.4, 0.5) is 0 Å². The molecule has 0 bridgehead atoms. The maximum atomic E-state index is 11.3. The molecule has 0 spiro atoms. The molecule has 0 aromatic heterocycles. The lowest BCUT2D eigenvalue weighted by atomic mass is 10.1. The van der Waals surface area contributed by atoms with E-state index < -0.39 is 0 Å². The summed E-state index contributed by atoms with van der Waals surface area (Å²) < 4.78 is 0. The molecule has 0 aromatic carbocycles. The number of carbonyl (C=O) groups is 1. The first-order valence-electron chi connectivity index (χ1n) is 5.28. The van der Waals surface area contributed by atoms with E-state index in [2.05, 4.69) is 5.32 Å². The maximum Gasteiger partial charge on any atom is 0.220 e. The van der Waals surface area contributed by atoms with Crippen LogP contribution < -0.4 is 5.32 Å². The van der Waals surface area contributed by atoms with E-state index in [-0.39, 0.29) is 12.5 Å². The number of amides is 1. The second kappa shape index (κ2) is 7.12. The van der Waals surface area contributed by atoms with Crippen molar-refractivity contribution in [2.75, 3.05) is 24.7 Å². The third-order valence-electron chi connectivity index (χ3n) is 2.42. The molecule has 1 saturated heterocycles. The molecule has 4 heteroatoms. The average Bonchev–Trinajstić information content (AvgIpc) is 2.68. The highest BCUT2D eigenvalue weighted by atomic mass is 32.2. The molecule has 0 aromatic rings. The minimum atomic E-state index is 0.135. The monoisotopic (exact) mass is 217 g/mol. The minimum Gasteiger partial charge on any atom is -0.396 e. The number of hydrogen-bond acceptors (Lipinski definition) is 3. The first kappa shape index (κ1) is 11.9. The highest BCUT2D eigenvalue weighted by Gasteiger charge is 2.15. The van der Waals surface area contributed by atoms with E-state index in [0.29, 0.717) is 12.3 Å². The molecular weight excluding hydrogens is 198 g/mol. The SMILES string of the molecule is O=C(CCCCO)NCC1CCSC1. The van der Waals surface area contributed by atoms with Gasteiger partial charge in [-0.3, -0.25) is 4.79 Å². The van der Waals surface area contributed by atoms with Crippen LogP contribution in [-0.4, -0.2) is 35.7 Å². The molecule has 1 unspecified atom stereocenters. The molecule has 1 amide bonds. The van der Waals surface area contributed by atoms with Gasteiger partial charge >= 0.3 is 0 Å². The first-order chi connectivity index (χ1) is 6.83. The van der Waals surface area contributed by atoms with E-state index in [9.17, 15) is 4.79 Å². The second-order valence-corrected chi connectivity index (χ2v) is 4.86. The zero-order chi connectivity index (χ0) is 10.2. The van der Waals surface area contributed by atoms with Crippen molar-refractivity contribution < 1.29 is 9.90 Å². The molecule has 2 N–H and O–H groups in total. The molecule has 1 rings (SSSR count). The summed E-state index contributed by atoms with van der Waals surface area (Å²) in [7, 11) is 0. The van der Waals surface area contributed by atoms with Gasteiger partial charge in [0, 0.05) is 19.6 Å². The lowest BCUT2D eigenvalue weighted by Gasteiger charge is -2.09. The van der Waals surface area contributed by atoms with Gasteiger partial charge in [0.05, 0.1) is 0 Å². The smallest absolute Gasteiger partial charge is 0.220 e. The van der Waals surface area contributed by atoms with Gasteiger partial charge < -0.3 is 10.4 Å². The Hall–Kier alpha value is -0.220. The number of unbranched alkanes of at least 4 members (excludes halogenated alkanes) is 1. The van der Waals surface area contributed by atoms with E-state index in [0.717, 1.165) is 19.4 Å². The van der Waals surface area contributed by atoms with Crippen LogP contribution in [0.5, 0.6) is 0 Å². The van der Waals surface area contributed by atoms with Crippen LogP contribution in [0.25, 0.3) is 0 Å². The molecule has 0 aliphatic carbocycles. The van der Waals surface area contributed by atoms with Crippen molar-refractivity contribution in [3.63, 3.8) is 0 Å². The maximum absolute atomic E-state index is 11.3. The normalized spacial score (nSPS) is 21.1. The number of aliphatic hydroxyl groups is 1. The summed E-state index contributed by atoms with van der Waals surface area (Å²) >= 11 is 1.97. The molecule has 0 saturated carbocycles. The molecule has 1 heterocycles. The zero-order valence-corrected chi connectivity index (χ0v) is 9.31. The predicted octanol–water partition coefficient (Wildman–Crippen LogP) is 1.02. The van der Waals surface area contributed by atoms with Gasteiger partial charge in [-0.15, -0.1) is 0 Å². The topological polar surface area (TPSA) is 49.3 Å². The molecule has 3 nitrogen and oxygen atoms in total. The highest BCUT2D eigenvalue weighted by molar-refractivity contribution is 7.99. The Balaban J connectivity index is 1.96. The number of aliphatic hydroxyl groups excluding tert-OH is 1. The number of carbonyl (C=O) groups excluding carboxylic acids is 1. The quantitative estimate of drug-likeness (QED) is 0.653. The standard InChI is InChI=1S/C10H19NO2S/c12-5-2-1-3-10(13)11-7-9-4-6-14-8-9/h9,12H,1-8H2,(H,11,13). The second-order valence-electron chi connectivity index (χ2n) is 3.71. The Labute approximate surface area is 89.6 Å². The van der Waals surface area contributed by atoms with Gasteiger partial charge in [-0.05, 0) is 36.7 Å². The molecule has 1 aliphatic rings. The van der Waals surface area contributed by atoms with Crippen molar-refractivity contribution in [3.05, 3.63) is 0 Å². The zero-order valence-electron chi connectivity index (χ0n) is 8.50. The van der Waals surface area contributed by atoms with Crippen LogP contribution in [0.2, 0.25) is 0 Å². The van der Waals surface area contributed by atoms with Crippen molar-refractivity contribution in [1.29, 1.82) is 0 Å². The van der Waals surface area contributed by atoms with Crippen molar-refractivity contribution in [2.24, 2.45) is 5.92 Å². The van der Waals surface area contributed by atoms with Gasteiger partial charge in [0.2, 0.25) is 5.91 Å². The summed E-state index contributed by atoms with van der Waals surface area (Å²) in [6.45, 7) is 1.03. The predicted molar refractivity (Wildman–Crippen MR) is 59.4 cm³/mol. The largest absolute Gasteiger partial charge is 0.396 e. The van der Waals surface area contributed by atoms with E-state index in [1.807, 2.05) is 11.8 Å². The molecule has 0 radical (unpaired) electrons. The fourth-order valence-corrected chi connectivity index (χ4v) is 2.77. The molecule has 1 atom stereocenters. The summed E-state index contributed by atoms with van der Waals surface area (Å²) in [5, 5.41) is 11.5. The highest BCUT2D eigenvalue weighted by Crippen LogP contribution is 2.22. The number of rotatable bonds is 6. The Morgan fingerprint density at radius 2 is 2.36 bits per heavy atom. The number of hydrogen-bond donors (Lipinski definition) is 2. The van der Waals surface area contributed by atoms with Crippen LogP contribution in [0.1, 0.15) is 25.7 Å². The van der Waals surface area contributed by atoms with Gasteiger partial charge in [-0.2, -0.15) is 11.8 Å². The summed E-state index contributed by atoms with van der Waals surface area (Å²) in [6.07, 6.45) is 3.32. The molecule has 1 aliphatic heterocycles. The van der Waals surface area contributed by atoms with Crippen molar-refractivity contribution in [2.45, 2.75) is 25.7 Å². The summed E-state index contributed by atoms with van der Waals surface area (Å²) in [4.78, 5) is 11.3. The van der Waals surface area contributed by atoms with Gasteiger partial charge in [-0.25, -0.2) is 0 Å². The van der Waals surface area contributed by atoms with Crippen LogP contribution in [0, 0.1) is 5.92 Å². The van der Waals surface area contributed by atoms with Crippen LogP contribution in [0.15, 0.2) is 0 Å². The number of nitrogens with one attached hydrogen (secondary N) is 1. The summed E-state index contributed by atoms with van der Waals surface area (Å²) in [6, 6.07) is 0. The fourth-order valence-electron chi connectivity index (χ4n) is 1.49. The van der Waals surface area contributed by atoms with Crippen LogP contribution >= 0.6 is 11.8 Å².